The van der Waals surface area contributed by atoms with E-state index in [1.807, 2.05) is 0 Å². The molecule has 0 saturated carbocycles. The molecular formula is C27H24N8O6. The van der Waals surface area contributed by atoms with E-state index in [1.54, 1.807) is 37.4 Å². The summed E-state index contributed by atoms with van der Waals surface area (Å²) in [6.45, 7) is 0.0980. The Morgan fingerprint density at radius 2 is 1.90 bits per heavy atom. The van der Waals surface area contributed by atoms with Crippen LogP contribution in [-0.2, 0) is 20.0 Å². The average molecular weight is 557 g/mol. The van der Waals surface area contributed by atoms with Gasteiger partial charge in [0.05, 0.1) is 17.1 Å². The fraction of sp³-hybridized carbons (Fsp3) is 0.185. The number of amides is 2. The highest BCUT2D eigenvalue weighted by Gasteiger charge is 2.27. The maximum atomic E-state index is 13.4. The summed E-state index contributed by atoms with van der Waals surface area (Å²) in [5.41, 5.74) is 15.5. The topological polar surface area (TPSA) is 213 Å². The molecule has 0 spiro atoms. The van der Waals surface area contributed by atoms with Crippen molar-refractivity contribution in [1.82, 2.24) is 29.6 Å². The van der Waals surface area contributed by atoms with Gasteiger partial charge in [0, 0.05) is 13.6 Å². The lowest BCUT2D eigenvalue weighted by molar-refractivity contribution is 0.0696. The van der Waals surface area contributed by atoms with Crippen LogP contribution in [0.1, 0.15) is 60.5 Å². The second-order valence-corrected chi connectivity index (χ2v) is 9.74. The van der Waals surface area contributed by atoms with Crippen LogP contribution in [0.5, 0.6) is 0 Å². The number of nitrogen functional groups attached to an aromatic ring is 2. The zero-order valence-electron chi connectivity index (χ0n) is 21.7. The number of carbonyl (C=O) groups excluding carboxylic acids is 2. The summed E-state index contributed by atoms with van der Waals surface area (Å²) < 4.78 is 7.77. The monoisotopic (exact) mass is 556 g/mol. The number of carboxylic acid groups (broad SMARTS) is 1. The molecule has 2 amide bonds. The number of fused-ring (bicyclic) bond motifs is 3. The van der Waals surface area contributed by atoms with Crippen molar-refractivity contribution in [3.05, 3.63) is 86.7 Å². The fourth-order valence-corrected chi connectivity index (χ4v) is 5.10. The third-order valence-corrected chi connectivity index (χ3v) is 7.19. The molecule has 1 aliphatic rings. The van der Waals surface area contributed by atoms with Crippen molar-refractivity contribution in [2.45, 2.75) is 25.4 Å². The Morgan fingerprint density at radius 1 is 1.10 bits per heavy atom. The molecule has 0 saturated heterocycles. The van der Waals surface area contributed by atoms with Gasteiger partial charge in [0.15, 0.2) is 17.0 Å². The minimum Gasteiger partial charge on any atom is -0.478 e. The van der Waals surface area contributed by atoms with Gasteiger partial charge >= 0.3 is 11.7 Å². The summed E-state index contributed by atoms with van der Waals surface area (Å²) in [6.07, 6.45) is 1.18. The second kappa shape index (κ2) is 9.51. The van der Waals surface area contributed by atoms with Crippen molar-refractivity contribution in [3.8, 4) is 0 Å². The summed E-state index contributed by atoms with van der Waals surface area (Å²) in [5.74, 6) is -2.75. The maximum Gasteiger partial charge on any atom is 0.419 e. The first-order chi connectivity index (χ1) is 19.6. The quantitative estimate of drug-likeness (QED) is 0.203. The molecule has 1 aliphatic carbocycles. The lowest BCUT2D eigenvalue weighted by Gasteiger charge is -2.15. The number of rotatable bonds is 6. The molecule has 14 nitrogen and oxygen atoms in total. The van der Waals surface area contributed by atoms with Gasteiger partial charge in [-0.2, -0.15) is 4.98 Å². The highest BCUT2D eigenvalue weighted by molar-refractivity contribution is 5.99. The Bertz CT molecular complexity index is 1970. The molecule has 0 unspecified atom stereocenters. The average Bonchev–Trinajstić information content (AvgIpc) is 3.59. The van der Waals surface area contributed by atoms with Gasteiger partial charge in [-0.25, -0.2) is 14.6 Å². The molecule has 0 radical (unpaired) electrons. The van der Waals surface area contributed by atoms with Gasteiger partial charge in [0.2, 0.25) is 5.95 Å². The van der Waals surface area contributed by atoms with E-state index >= 15 is 0 Å². The van der Waals surface area contributed by atoms with Crippen LogP contribution >= 0.6 is 0 Å². The van der Waals surface area contributed by atoms with E-state index in [2.05, 4.69) is 20.6 Å². The number of imidazole rings is 1. The van der Waals surface area contributed by atoms with Gasteiger partial charge in [-0.3, -0.25) is 18.6 Å². The zero-order chi connectivity index (χ0) is 29.0. The van der Waals surface area contributed by atoms with Crippen LogP contribution < -0.4 is 27.9 Å². The van der Waals surface area contributed by atoms with E-state index in [0.717, 1.165) is 11.1 Å². The van der Waals surface area contributed by atoms with E-state index in [0.29, 0.717) is 29.5 Å². The number of carboxylic acids is 1. The molecule has 1 atom stereocenters. The number of oxazole rings is 1. The Kier molecular flexibility index (Phi) is 5.94. The van der Waals surface area contributed by atoms with Crippen molar-refractivity contribution in [2.24, 2.45) is 7.05 Å². The lowest BCUT2D eigenvalue weighted by Crippen LogP contribution is -2.30. The number of aromatic nitrogens is 4. The van der Waals surface area contributed by atoms with Crippen molar-refractivity contribution in [1.29, 1.82) is 0 Å². The molecule has 14 heteroatoms. The first-order valence-electron chi connectivity index (χ1n) is 12.6. The molecule has 0 fully saturated rings. The molecule has 208 valence electrons. The van der Waals surface area contributed by atoms with Crippen molar-refractivity contribution in [3.63, 3.8) is 0 Å². The third kappa shape index (κ3) is 4.40. The number of nitrogens with one attached hydrogen (secondary N) is 2. The molecule has 2 aromatic carbocycles. The fourth-order valence-electron chi connectivity index (χ4n) is 5.10. The van der Waals surface area contributed by atoms with Crippen LogP contribution in [0.4, 0.5) is 11.8 Å². The number of aryl methyl sites for hydroxylation is 2. The Labute approximate surface area is 230 Å². The van der Waals surface area contributed by atoms with Gasteiger partial charge in [-0.15, -0.1) is 0 Å². The van der Waals surface area contributed by atoms with E-state index < -0.39 is 23.5 Å². The Morgan fingerprint density at radius 3 is 2.68 bits per heavy atom. The number of hydrogen-bond acceptors (Lipinski definition) is 9. The van der Waals surface area contributed by atoms with Crippen LogP contribution in [0.25, 0.3) is 16.7 Å². The van der Waals surface area contributed by atoms with Gasteiger partial charge in [-0.05, 0) is 59.9 Å². The van der Waals surface area contributed by atoms with Crippen molar-refractivity contribution < 1.29 is 23.9 Å². The zero-order valence-corrected chi connectivity index (χ0v) is 21.7. The third-order valence-electron chi connectivity index (χ3n) is 7.19. The van der Waals surface area contributed by atoms with Gasteiger partial charge in [0.1, 0.15) is 11.4 Å². The van der Waals surface area contributed by atoms with E-state index in [4.69, 9.17) is 15.9 Å². The maximum absolute atomic E-state index is 13.4. The van der Waals surface area contributed by atoms with Crippen LogP contribution in [0.15, 0.2) is 51.7 Å². The van der Waals surface area contributed by atoms with E-state index in [-0.39, 0.29) is 47.0 Å². The van der Waals surface area contributed by atoms with E-state index in [9.17, 15) is 24.3 Å². The molecule has 0 aliphatic heterocycles. The Balaban J connectivity index is 1.27. The van der Waals surface area contributed by atoms with Crippen LogP contribution in [0.3, 0.4) is 0 Å². The van der Waals surface area contributed by atoms with Gasteiger partial charge in [-0.1, -0.05) is 12.1 Å². The summed E-state index contributed by atoms with van der Waals surface area (Å²) in [4.78, 5) is 58.1. The molecule has 3 heterocycles. The molecule has 6 rings (SSSR count). The van der Waals surface area contributed by atoms with Gasteiger partial charge in [0.25, 0.3) is 11.8 Å². The highest BCUT2D eigenvalue weighted by Crippen LogP contribution is 2.32. The molecule has 3 aromatic heterocycles. The lowest BCUT2D eigenvalue weighted by atomic mass is 10.0. The predicted octanol–water partition coefficient (Wildman–Crippen LogP) is 1.38. The first kappa shape index (κ1) is 25.6. The molecule has 41 heavy (non-hydrogen) atoms. The molecule has 7 N–H and O–H groups in total. The van der Waals surface area contributed by atoms with Gasteiger partial charge < -0.3 is 31.6 Å². The molecule has 5 aromatic rings. The van der Waals surface area contributed by atoms with E-state index in [1.165, 1.54) is 21.1 Å². The summed E-state index contributed by atoms with van der Waals surface area (Å²) in [7, 11) is 1.58. The summed E-state index contributed by atoms with van der Waals surface area (Å²) in [5, 5.41) is 15.0. The second-order valence-electron chi connectivity index (χ2n) is 9.74. The van der Waals surface area contributed by atoms with Crippen LogP contribution in [0, 0.1) is 0 Å². The number of aromatic carboxylic acids is 1. The van der Waals surface area contributed by atoms with Crippen molar-refractivity contribution >= 4 is 46.3 Å². The van der Waals surface area contributed by atoms with Crippen LogP contribution in [-0.4, -0.2) is 41.8 Å². The predicted molar refractivity (Wildman–Crippen MR) is 146 cm³/mol. The number of anilines is 2. The molecule has 0 bridgehead atoms. The standard InChI is InChI=1S/C27H24N8O6/c1-34-18-8-12(2-7-20(18)41-27(34)40)11-30-24(37)19-10-17(31-22-21(28)33-26(29)35(19)22)23(36)32-16-6-4-13-9-14(25(38)39)3-5-15(13)16/h2-3,5,7-10,16H,4,6,11,28H2,1H3,(H2,29,33)(H,30,37)(H,32,36)(H,38,39)/t16-/m0/s1. The number of nitrogens with two attached hydrogens (primary N) is 2. The minimum absolute atomic E-state index is 0.00318. The molecular weight excluding hydrogens is 532 g/mol. The smallest absolute Gasteiger partial charge is 0.419 e. The number of benzene rings is 2. The highest BCUT2D eigenvalue weighted by atomic mass is 16.4. The largest absolute Gasteiger partial charge is 0.478 e. The number of carbonyl (C=O) groups is 3. The Hall–Kier alpha value is -5.66. The normalized spacial score (nSPS) is 14.3. The van der Waals surface area contributed by atoms with Crippen LogP contribution in [0.2, 0.25) is 0 Å². The minimum atomic E-state index is -1.02. The van der Waals surface area contributed by atoms with Crippen molar-refractivity contribution in [2.75, 3.05) is 11.5 Å². The number of nitrogens with zero attached hydrogens (tertiary/aromatic N) is 4. The number of hydrogen-bond donors (Lipinski definition) is 5. The first-order valence-corrected chi connectivity index (χ1v) is 12.6. The summed E-state index contributed by atoms with van der Waals surface area (Å²) in [6, 6.07) is 10.8. The summed E-state index contributed by atoms with van der Waals surface area (Å²) >= 11 is 0. The SMILES string of the molecule is Cn1c(=O)oc2ccc(CNC(=O)c3cc(C(=O)N[C@H]4CCc5cc(C(=O)O)ccc54)nc4c(N)nc(N)n34)cc21.